The number of hydrogen-bond donors (Lipinski definition) is 4. The van der Waals surface area contributed by atoms with Crippen LogP contribution in [0.2, 0.25) is 0 Å². The van der Waals surface area contributed by atoms with Crippen LogP contribution in [0.1, 0.15) is 37.8 Å². The van der Waals surface area contributed by atoms with E-state index >= 15 is 0 Å². The molecule has 0 bridgehead atoms. The number of ether oxygens (including phenoxy) is 2. The van der Waals surface area contributed by atoms with Gasteiger partial charge in [-0.05, 0) is 49.9 Å². The van der Waals surface area contributed by atoms with Gasteiger partial charge in [-0.3, -0.25) is 4.79 Å². The van der Waals surface area contributed by atoms with Crippen LogP contribution in [0.25, 0.3) is 10.8 Å². The highest BCUT2D eigenvalue weighted by Gasteiger charge is 2.30. The zero-order valence-electron chi connectivity index (χ0n) is 18.3. The van der Waals surface area contributed by atoms with Crippen LogP contribution in [-0.2, 0) is 4.79 Å². The van der Waals surface area contributed by atoms with Gasteiger partial charge in [0.15, 0.2) is 11.5 Å². The van der Waals surface area contributed by atoms with Gasteiger partial charge in [0.25, 0.3) is 0 Å². The van der Waals surface area contributed by atoms with Crippen molar-refractivity contribution in [2.45, 2.75) is 32.2 Å². The lowest BCUT2D eigenvalue weighted by atomic mass is 10.0. The lowest BCUT2D eigenvalue weighted by Crippen LogP contribution is -2.18. The summed E-state index contributed by atoms with van der Waals surface area (Å²) >= 11 is 0. The van der Waals surface area contributed by atoms with Gasteiger partial charge in [0.1, 0.15) is 0 Å². The average molecular weight is 440 g/mol. The summed E-state index contributed by atoms with van der Waals surface area (Å²) in [6.45, 7) is 2.71. The summed E-state index contributed by atoms with van der Waals surface area (Å²) in [4.78, 5) is 12.3. The minimum atomic E-state index is -0.292. The zero-order valence-corrected chi connectivity index (χ0v) is 18.3. The lowest BCUT2D eigenvalue weighted by Gasteiger charge is -2.22. The first-order valence-corrected chi connectivity index (χ1v) is 10.9. The molecule has 1 aliphatic rings. The van der Waals surface area contributed by atoms with Crippen molar-refractivity contribution in [1.29, 1.82) is 0 Å². The van der Waals surface area contributed by atoms with Gasteiger partial charge in [0, 0.05) is 24.0 Å². The number of nitrogens with zero attached hydrogens (tertiary/aromatic N) is 1. The first-order chi connectivity index (χ1) is 15.6. The maximum atomic E-state index is 12.3. The number of carbonyl (C=O) groups is 1. The van der Waals surface area contributed by atoms with Gasteiger partial charge < -0.3 is 29.7 Å². The molecule has 1 aromatic heterocycles. The van der Waals surface area contributed by atoms with E-state index in [9.17, 15) is 15.1 Å². The molecule has 170 valence electrons. The summed E-state index contributed by atoms with van der Waals surface area (Å²) in [7, 11) is 1.59. The van der Waals surface area contributed by atoms with E-state index < -0.39 is 0 Å². The number of hydroxylamine groups is 1. The number of hydrogen-bond acceptors (Lipinski definition) is 6. The van der Waals surface area contributed by atoms with E-state index in [4.69, 9.17) is 9.47 Å². The lowest BCUT2D eigenvalue weighted by molar-refractivity contribution is -0.117. The van der Waals surface area contributed by atoms with Gasteiger partial charge >= 0.3 is 0 Å². The molecule has 2 aromatic carbocycles. The van der Waals surface area contributed by atoms with Crippen LogP contribution in [0.15, 0.2) is 42.6 Å². The molecule has 1 fully saturated rings. The van der Waals surface area contributed by atoms with Crippen LogP contribution in [0.5, 0.6) is 17.4 Å². The second-order valence-corrected chi connectivity index (χ2v) is 7.95. The molecule has 4 N–H and O–H groups in total. The van der Waals surface area contributed by atoms with E-state index in [-0.39, 0.29) is 23.7 Å². The van der Waals surface area contributed by atoms with Gasteiger partial charge in [-0.25, -0.2) is 5.48 Å². The van der Waals surface area contributed by atoms with E-state index in [0.717, 1.165) is 23.8 Å². The van der Waals surface area contributed by atoms with Crippen LogP contribution in [0.3, 0.4) is 0 Å². The van der Waals surface area contributed by atoms with Gasteiger partial charge in [-0.2, -0.15) is 0 Å². The third-order valence-corrected chi connectivity index (χ3v) is 5.79. The highest BCUT2D eigenvalue weighted by molar-refractivity contribution is 6.05. The fourth-order valence-corrected chi connectivity index (χ4v) is 4.03. The highest BCUT2D eigenvalue weighted by atomic mass is 16.5. The Morgan fingerprint density at radius 2 is 2.06 bits per heavy atom. The number of carbonyl (C=O) groups excluding carboxylic acids is 1. The first-order valence-electron chi connectivity index (χ1n) is 10.9. The second-order valence-electron chi connectivity index (χ2n) is 7.95. The molecule has 0 spiro atoms. The van der Waals surface area contributed by atoms with Gasteiger partial charge in [-0.15, -0.1) is 0 Å². The number of aromatic nitrogens is 1. The van der Waals surface area contributed by atoms with E-state index in [2.05, 4.69) is 10.8 Å². The Labute approximate surface area is 186 Å². The van der Waals surface area contributed by atoms with Crippen LogP contribution in [-0.4, -0.2) is 41.0 Å². The standard InChI is InChI=1S/C24H29N3O5/c1-3-32-21-13-16(9-10-20(21)31-2)19(11-12-25-30)27-14-17-5-4-6-18(22(17)24(27)29)26-23(28)15-7-8-15/h4-6,9-10,13-15,19,25,29-30H,3,7-8,11-12H2,1-2H3,(H,26,28)/t19-/m1/s1. The third-order valence-electron chi connectivity index (χ3n) is 5.79. The summed E-state index contributed by atoms with van der Waals surface area (Å²) in [5, 5.41) is 24.8. The van der Waals surface area contributed by atoms with E-state index in [1.54, 1.807) is 17.7 Å². The summed E-state index contributed by atoms with van der Waals surface area (Å²) in [5.41, 5.74) is 3.69. The molecule has 32 heavy (non-hydrogen) atoms. The van der Waals surface area contributed by atoms with E-state index in [1.165, 1.54) is 0 Å². The molecule has 1 saturated carbocycles. The Kier molecular flexibility index (Phi) is 6.53. The van der Waals surface area contributed by atoms with Crippen LogP contribution >= 0.6 is 0 Å². The smallest absolute Gasteiger partial charge is 0.227 e. The quantitative estimate of drug-likeness (QED) is 0.355. The Balaban J connectivity index is 1.76. The topological polar surface area (TPSA) is 105 Å². The van der Waals surface area contributed by atoms with Gasteiger partial charge in [-0.1, -0.05) is 18.2 Å². The predicted octanol–water partition coefficient (Wildman–Crippen LogP) is 4.06. The molecule has 0 saturated heterocycles. The van der Waals surface area contributed by atoms with Crippen molar-refractivity contribution in [2.75, 3.05) is 25.6 Å². The molecular formula is C24H29N3O5. The Bertz CT molecular complexity index is 1110. The molecule has 8 heteroatoms. The molecule has 1 atom stereocenters. The number of fused-ring (bicyclic) bond motifs is 1. The number of rotatable bonds is 10. The molecule has 3 aromatic rings. The monoisotopic (exact) mass is 439 g/mol. The minimum Gasteiger partial charge on any atom is -0.494 e. The van der Waals surface area contributed by atoms with Crippen molar-refractivity contribution in [3.05, 3.63) is 48.2 Å². The van der Waals surface area contributed by atoms with Gasteiger partial charge in [0.05, 0.1) is 30.8 Å². The van der Waals surface area contributed by atoms with Crippen LogP contribution in [0, 0.1) is 5.92 Å². The number of amides is 1. The second kappa shape index (κ2) is 9.50. The van der Waals surface area contributed by atoms with E-state index in [0.29, 0.717) is 42.1 Å². The highest BCUT2D eigenvalue weighted by Crippen LogP contribution is 2.40. The maximum Gasteiger partial charge on any atom is 0.227 e. The van der Waals surface area contributed by atoms with Crippen LogP contribution < -0.4 is 20.3 Å². The molecule has 0 unspecified atom stereocenters. The molecule has 1 aliphatic carbocycles. The zero-order chi connectivity index (χ0) is 22.7. The van der Waals surface area contributed by atoms with Gasteiger partial charge in [0.2, 0.25) is 11.8 Å². The predicted molar refractivity (Wildman–Crippen MR) is 122 cm³/mol. The average Bonchev–Trinajstić information content (AvgIpc) is 3.59. The number of aromatic hydroxyl groups is 1. The maximum absolute atomic E-state index is 12.3. The van der Waals surface area contributed by atoms with Crippen molar-refractivity contribution >= 4 is 22.4 Å². The summed E-state index contributed by atoms with van der Waals surface area (Å²) in [5.74, 6) is 1.35. The SMILES string of the molecule is CCOc1cc([C@@H](CCNO)n2cc3cccc(NC(=O)C4CC4)c3c2O)ccc1OC. The fourth-order valence-electron chi connectivity index (χ4n) is 4.03. The Morgan fingerprint density at radius 1 is 1.25 bits per heavy atom. The fraction of sp³-hybridized carbons (Fsp3) is 0.375. The van der Waals surface area contributed by atoms with Crippen molar-refractivity contribution in [2.24, 2.45) is 5.92 Å². The summed E-state index contributed by atoms with van der Waals surface area (Å²) in [6.07, 6.45) is 4.19. The molecule has 1 amide bonds. The molecular weight excluding hydrogens is 410 g/mol. The third kappa shape index (κ3) is 4.37. The van der Waals surface area contributed by atoms with Crippen molar-refractivity contribution in [3.63, 3.8) is 0 Å². The molecule has 4 rings (SSSR count). The van der Waals surface area contributed by atoms with Crippen molar-refractivity contribution in [3.8, 4) is 17.4 Å². The number of benzene rings is 2. The normalized spacial score (nSPS) is 14.3. The molecule has 1 heterocycles. The number of methoxy groups -OCH3 is 1. The number of anilines is 1. The Hall–Kier alpha value is -3.23. The van der Waals surface area contributed by atoms with Crippen molar-refractivity contribution in [1.82, 2.24) is 10.0 Å². The molecule has 0 radical (unpaired) electrons. The molecule has 8 nitrogen and oxygen atoms in total. The van der Waals surface area contributed by atoms with E-state index in [1.807, 2.05) is 43.5 Å². The minimum absolute atomic E-state index is 0.0119. The molecule has 0 aliphatic heterocycles. The number of nitrogens with one attached hydrogen (secondary N) is 2. The first kappa shape index (κ1) is 22.0. The Morgan fingerprint density at radius 3 is 2.75 bits per heavy atom. The van der Waals surface area contributed by atoms with Crippen LogP contribution in [0.4, 0.5) is 5.69 Å². The largest absolute Gasteiger partial charge is 0.494 e. The summed E-state index contributed by atoms with van der Waals surface area (Å²) < 4.78 is 12.9. The summed E-state index contributed by atoms with van der Waals surface area (Å²) in [6, 6.07) is 10.9. The van der Waals surface area contributed by atoms with Crippen molar-refractivity contribution < 1.29 is 24.6 Å².